The zero-order chi connectivity index (χ0) is 10.1. The van der Waals surface area contributed by atoms with E-state index >= 15 is 0 Å². The Labute approximate surface area is 84.5 Å². The van der Waals surface area contributed by atoms with E-state index in [4.69, 9.17) is 5.73 Å². The Bertz CT molecular complexity index is 312. The van der Waals surface area contributed by atoms with Crippen molar-refractivity contribution in [1.29, 1.82) is 0 Å². The zero-order valence-electron chi connectivity index (χ0n) is 8.90. The van der Waals surface area contributed by atoms with E-state index in [-0.39, 0.29) is 0 Å². The quantitative estimate of drug-likeness (QED) is 0.785. The van der Waals surface area contributed by atoms with Crippen LogP contribution >= 0.6 is 0 Å². The molecule has 4 nitrogen and oxygen atoms in total. The number of aromatic nitrogens is 3. The van der Waals surface area contributed by atoms with Crippen LogP contribution in [0.1, 0.15) is 44.3 Å². The number of hydrogen-bond acceptors (Lipinski definition) is 3. The summed E-state index contributed by atoms with van der Waals surface area (Å²) in [5.41, 5.74) is 5.64. The minimum atomic E-state index is 0.492. The van der Waals surface area contributed by atoms with Crippen molar-refractivity contribution in [2.24, 2.45) is 11.7 Å². The van der Waals surface area contributed by atoms with Gasteiger partial charge in [-0.1, -0.05) is 13.8 Å². The lowest BCUT2D eigenvalue weighted by Crippen LogP contribution is -2.14. The van der Waals surface area contributed by atoms with Crippen molar-refractivity contribution in [2.75, 3.05) is 0 Å². The number of nitrogens with two attached hydrogens (primary N) is 1. The Morgan fingerprint density at radius 3 is 2.64 bits per heavy atom. The third kappa shape index (κ3) is 1.80. The van der Waals surface area contributed by atoms with Crippen LogP contribution in [0.5, 0.6) is 0 Å². The van der Waals surface area contributed by atoms with E-state index in [2.05, 4.69) is 28.6 Å². The maximum absolute atomic E-state index is 5.64. The second-order valence-corrected chi connectivity index (χ2v) is 4.46. The van der Waals surface area contributed by atoms with E-state index < -0.39 is 0 Å². The van der Waals surface area contributed by atoms with Gasteiger partial charge in [-0.2, -0.15) is 0 Å². The van der Waals surface area contributed by atoms with Gasteiger partial charge in [-0.05, 0) is 18.8 Å². The number of rotatable bonds is 4. The van der Waals surface area contributed by atoms with Crippen LogP contribution in [0.4, 0.5) is 0 Å². The van der Waals surface area contributed by atoms with Gasteiger partial charge in [0.2, 0.25) is 0 Å². The first kappa shape index (κ1) is 9.65. The molecule has 14 heavy (non-hydrogen) atoms. The van der Waals surface area contributed by atoms with Crippen LogP contribution < -0.4 is 5.73 Å². The molecule has 2 N–H and O–H groups in total. The molecule has 1 aliphatic carbocycles. The monoisotopic (exact) mass is 194 g/mol. The molecule has 0 atom stereocenters. The molecule has 1 aromatic rings. The molecule has 4 heteroatoms. The summed E-state index contributed by atoms with van der Waals surface area (Å²) in [7, 11) is 0. The van der Waals surface area contributed by atoms with E-state index in [1.165, 1.54) is 12.8 Å². The molecule has 0 bridgehead atoms. The molecule has 0 amide bonds. The normalized spacial score (nSPS) is 16.6. The van der Waals surface area contributed by atoms with Crippen molar-refractivity contribution in [3.8, 4) is 0 Å². The molecule has 2 rings (SSSR count). The molecular weight excluding hydrogens is 176 g/mol. The van der Waals surface area contributed by atoms with Crippen LogP contribution in [-0.2, 0) is 13.1 Å². The summed E-state index contributed by atoms with van der Waals surface area (Å²) in [4.78, 5) is 0. The van der Waals surface area contributed by atoms with Crippen LogP contribution in [0, 0.1) is 5.92 Å². The first-order chi connectivity index (χ1) is 6.72. The Morgan fingerprint density at radius 1 is 1.43 bits per heavy atom. The molecule has 1 fully saturated rings. The molecule has 1 aromatic heterocycles. The van der Waals surface area contributed by atoms with Gasteiger partial charge in [0.1, 0.15) is 11.6 Å². The third-order valence-corrected chi connectivity index (χ3v) is 2.53. The van der Waals surface area contributed by atoms with Crippen molar-refractivity contribution in [1.82, 2.24) is 14.8 Å². The smallest absolute Gasteiger partial charge is 0.146 e. The molecule has 0 saturated heterocycles. The highest BCUT2D eigenvalue weighted by Crippen LogP contribution is 2.39. The Hall–Kier alpha value is -0.900. The fourth-order valence-corrected chi connectivity index (χ4v) is 1.71. The predicted molar refractivity (Wildman–Crippen MR) is 54.7 cm³/mol. The summed E-state index contributed by atoms with van der Waals surface area (Å²) >= 11 is 0. The lowest BCUT2D eigenvalue weighted by Gasteiger charge is -2.11. The lowest BCUT2D eigenvalue weighted by molar-refractivity contribution is 0.492. The minimum absolute atomic E-state index is 0.492. The standard InChI is InChI=1S/C10H18N4/c1-7(2)6-14-9(5-11)12-13-10(14)8-3-4-8/h7-8H,3-6,11H2,1-2H3. The number of hydrogen-bond donors (Lipinski definition) is 1. The topological polar surface area (TPSA) is 56.7 Å². The molecule has 78 valence electrons. The van der Waals surface area contributed by atoms with Crippen LogP contribution in [-0.4, -0.2) is 14.8 Å². The summed E-state index contributed by atoms with van der Waals surface area (Å²) in [6, 6.07) is 0. The van der Waals surface area contributed by atoms with Gasteiger partial charge in [-0.25, -0.2) is 0 Å². The second-order valence-electron chi connectivity index (χ2n) is 4.46. The van der Waals surface area contributed by atoms with Crippen LogP contribution in [0.15, 0.2) is 0 Å². The third-order valence-electron chi connectivity index (χ3n) is 2.53. The van der Waals surface area contributed by atoms with E-state index in [9.17, 15) is 0 Å². The van der Waals surface area contributed by atoms with Crippen LogP contribution in [0.2, 0.25) is 0 Å². The Kier molecular flexibility index (Phi) is 2.54. The molecule has 0 spiro atoms. The fraction of sp³-hybridized carbons (Fsp3) is 0.800. The molecule has 0 aliphatic heterocycles. The lowest BCUT2D eigenvalue weighted by atomic mass is 10.2. The molecule has 0 radical (unpaired) electrons. The SMILES string of the molecule is CC(C)Cn1c(CN)nnc1C1CC1. The summed E-state index contributed by atoms with van der Waals surface area (Å²) in [5, 5.41) is 8.37. The number of nitrogens with zero attached hydrogens (tertiary/aromatic N) is 3. The molecule has 1 heterocycles. The van der Waals surface area contributed by atoms with Crippen molar-refractivity contribution in [3.63, 3.8) is 0 Å². The highest BCUT2D eigenvalue weighted by atomic mass is 15.3. The van der Waals surface area contributed by atoms with Gasteiger partial charge in [0.15, 0.2) is 0 Å². The van der Waals surface area contributed by atoms with Crippen molar-refractivity contribution in [2.45, 2.75) is 45.7 Å². The van der Waals surface area contributed by atoms with Gasteiger partial charge in [0.05, 0.1) is 6.54 Å². The average Bonchev–Trinajstić information content (AvgIpc) is 2.89. The van der Waals surface area contributed by atoms with Gasteiger partial charge < -0.3 is 10.3 Å². The first-order valence-corrected chi connectivity index (χ1v) is 5.34. The summed E-state index contributed by atoms with van der Waals surface area (Å²) < 4.78 is 2.21. The van der Waals surface area contributed by atoms with Gasteiger partial charge in [-0.3, -0.25) is 0 Å². The van der Waals surface area contributed by atoms with E-state index in [0.29, 0.717) is 18.4 Å². The van der Waals surface area contributed by atoms with Crippen molar-refractivity contribution in [3.05, 3.63) is 11.6 Å². The molecular formula is C10H18N4. The Morgan fingerprint density at radius 2 is 2.14 bits per heavy atom. The summed E-state index contributed by atoms with van der Waals surface area (Å²) in [6.07, 6.45) is 2.53. The van der Waals surface area contributed by atoms with Gasteiger partial charge in [-0.15, -0.1) is 10.2 Å². The van der Waals surface area contributed by atoms with Crippen LogP contribution in [0.25, 0.3) is 0 Å². The first-order valence-electron chi connectivity index (χ1n) is 5.34. The molecule has 0 aromatic carbocycles. The van der Waals surface area contributed by atoms with E-state index in [1.807, 2.05) is 0 Å². The highest BCUT2D eigenvalue weighted by Gasteiger charge is 2.30. The maximum Gasteiger partial charge on any atom is 0.146 e. The zero-order valence-corrected chi connectivity index (χ0v) is 8.90. The molecule has 0 unspecified atom stereocenters. The molecule has 1 saturated carbocycles. The van der Waals surface area contributed by atoms with E-state index in [0.717, 1.165) is 18.2 Å². The van der Waals surface area contributed by atoms with E-state index in [1.54, 1.807) is 0 Å². The van der Waals surface area contributed by atoms with Gasteiger partial charge in [0, 0.05) is 12.5 Å². The Balaban J connectivity index is 2.25. The van der Waals surface area contributed by atoms with Crippen molar-refractivity contribution >= 4 is 0 Å². The summed E-state index contributed by atoms with van der Waals surface area (Å²) in [5.74, 6) is 3.36. The van der Waals surface area contributed by atoms with Gasteiger partial charge >= 0.3 is 0 Å². The highest BCUT2D eigenvalue weighted by molar-refractivity contribution is 5.08. The second kappa shape index (κ2) is 3.69. The maximum atomic E-state index is 5.64. The predicted octanol–water partition coefficient (Wildman–Crippen LogP) is 1.27. The van der Waals surface area contributed by atoms with Crippen LogP contribution in [0.3, 0.4) is 0 Å². The minimum Gasteiger partial charge on any atom is -0.324 e. The average molecular weight is 194 g/mol. The largest absolute Gasteiger partial charge is 0.324 e. The van der Waals surface area contributed by atoms with Gasteiger partial charge in [0.25, 0.3) is 0 Å². The molecule has 1 aliphatic rings. The fourth-order valence-electron chi connectivity index (χ4n) is 1.71. The van der Waals surface area contributed by atoms with Crippen molar-refractivity contribution < 1.29 is 0 Å². The summed E-state index contributed by atoms with van der Waals surface area (Å²) in [6.45, 7) is 5.89.